The molecule has 6 rings (SSSR count). The Morgan fingerprint density at radius 1 is 0.754 bits per heavy atom. The van der Waals surface area contributed by atoms with Crippen LogP contribution >= 0.6 is 0 Å². The van der Waals surface area contributed by atoms with Crippen LogP contribution in [0.5, 0.6) is 11.5 Å². The molecule has 0 radical (unpaired) electrons. The van der Waals surface area contributed by atoms with Gasteiger partial charge in [0.2, 0.25) is 5.91 Å². The molecule has 0 aliphatic carbocycles. The topological polar surface area (TPSA) is 113 Å². The lowest BCUT2D eigenvalue weighted by molar-refractivity contribution is -0.491. The van der Waals surface area contributed by atoms with Crippen molar-refractivity contribution in [3.63, 3.8) is 0 Å². The molecule has 4 aromatic carbocycles. The summed E-state index contributed by atoms with van der Waals surface area (Å²) in [7, 11) is 3.25. The quantitative estimate of drug-likeness (QED) is 0.102. The van der Waals surface area contributed by atoms with E-state index < -0.39 is 30.0 Å². The summed E-state index contributed by atoms with van der Waals surface area (Å²) >= 11 is 0. The van der Waals surface area contributed by atoms with Gasteiger partial charge >= 0.3 is 0 Å². The van der Waals surface area contributed by atoms with Crippen LogP contribution in [0.25, 0.3) is 0 Å². The first-order chi connectivity index (χ1) is 27.8. The molecule has 0 spiro atoms. The lowest BCUT2D eigenvalue weighted by Gasteiger charge is -2.51. The number of nitrogens with zero attached hydrogens (tertiary/aromatic N) is 2. The van der Waals surface area contributed by atoms with Gasteiger partial charge in [-0.15, -0.1) is 0 Å². The first-order valence-corrected chi connectivity index (χ1v) is 20.1. The van der Waals surface area contributed by atoms with Gasteiger partial charge < -0.3 is 43.7 Å². The Morgan fingerprint density at radius 3 is 1.86 bits per heavy atom. The number of amides is 1. The molecular weight excluding hydrogens is 721 g/mol. The summed E-state index contributed by atoms with van der Waals surface area (Å²) in [5.41, 5.74) is 3.13. The van der Waals surface area contributed by atoms with Crippen LogP contribution in [0.2, 0.25) is 0 Å². The summed E-state index contributed by atoms with van der Waals surface area (Å²) in [6, 6.07) is 33.7. The van der Waals surface area contributed by atoms with Gasteiger partial charge in [0, 0.05) is 30.9 Å². The molecular formula is C47H57N2O8-. The van der Waals surface area contributed by atoms with Crippen LogP contribution < -0.4 is 14.6 Å². The van der Waals surface area contributed by atoms with E-state index in [0.717, 1.165) is 34.4 Å². The molecule has 2 heterocycles. The minimum atomic E-state index is -1.28. The molecule has 304 valence electrons. The number of carbonyl (C=O) groups excluding carboxylic acids is 1. The molecule has 10 nitrogen and oxygen atoms in total. The second-order valence-electron chi connectivity index (χ2n) is 14.9. The minimum Gasteiger partial charge on any atom is -0.848 e. The average molecular weight is 778 g/mol. The molecule has 1 N–H and O–H groups in total. The van der Waals surface area contributed by atoms with Crippen molar-refractivity contribution in [1.29, 1.82) is 0 Å². The van der Waals surface area contributed by atoms with Crippen LogP contribution in [0.3, 0.4) is 0 Å². The molecule has 5 atom stereocenters. The van der Waals surface area contributed by atoms with Crippen LogP contribution in [0.15, 0.2) is 121 Å². The van der Waals surface area contributed by atoms with Gasteiger partial charge in [0.05, 0.1) is 40.6 Å². The first kappa shape index (κ1) is 41.9. The summed E-state index contributed by atoms with van der Waals surface area (Å²) in [4.78, 5) is 18.0. The fourth-order valence-electron chi connectivity index (χ4n) is 8.05. The Balaban J connectivity index is 1.37. The zero-order valence-electron chi connectivity index (χ0n) is 33.6. The lowest BCUT2D eigenvalue weighted by atomic mass is 9.86. The number of rotatable bonds is 21. The van der Waals surface area contributed by atoms with Gasteiger partial charge in [0.15, 0.2) is 0 Å². The third-order valence-electron chi connectivity index (χ3n) is 11.4. The Labute approximate surface area is 337 Å². The van der Waals surface area contributed by atoms with Crippen molar-refractivity contribution in [2.45, 2.75) is 102 Å². The third-order valence-corrected chi connectivity index (χ3v) is 11.4. The summed E-state index contributed by atoms with van der Waals surface area (Å²) < 4.78 is 30.5. The van der Waals surface area contributed by atoms with E-state index in [-0.39, 0.29) is 38.3 Å². The smallest absolute Gasteiger partial charge is 0.249 e. The number of hydrogen-bond donors (Lipinski definition) is 1. The molecule has 4 aromatic rings. The summed E-state index contributed by atoms with van der Waals surface area (Å²) in [6.07, 6.45) is 1.07. The van der Waals surface area contributed by atoms with Crippen molar-refractivity contribution in [2.24, 2.45) is 0 Å². The van der Waals surface area contributed by atoms with Crippen molar-refractivity contribution in [3.8, 4) is 11.5 Å². The highest BCUT2D eigenvalue weighted by molar-refractivity contribution is 5.92. The van der Waals surface area contributed by atoms with E-state index in [4.69, 9.17) is 23.7 Å². The van der Waals surface area contributed by atoms with Gasteiger partial charge in [-0.1, -0.05) is 117 Å². The molecule has 1 saturated heterocycles. The van der Waals surface area contributed by atoms with E-state index in [9.17, 15) is 15.0 Å². The van der Waals surface area contributed by atoms with Crippen LogP contribution in [-0.2, 0) is 45.4 Å². The maximum absolute atomic E-state index is 14.3. The number of methoxy groups -OCH3 is 2. The van der Waals surface area contributed by atoms with Crippen molar-refractivity contribution < 1.29 is 38.7 Å². The minimum absolute atomic E-state index is 0.0925. The molecule has 10 heteroatoms. The van der Waals surface area contributed by atoms with Gasteiger partial charge in [-0.3, -0.25) is 4.79 Å². The Hall–Kier alpha value is -4.71. The van der Waals surface area contributed by atoms with Gasteiger partial charge in [-0.05, 0) is 59.4 Å². The van der Waals surface area contributed by atoms with Gasteiger partial charge in [0.1, 0.15) is 35.9 Å². The molecule has 2 aliphatic heterocycles. The predicted octanol–water partition coefficient (Wildman–Crippen LogP) is 6.43. The molecule has 57 heavy (non-hydrogen) atoms. The van der Waals surface area contributed by atoms with E-state index in [1.54, 1.807) is 25.2 Å². The van der Waals surface area contributed by atoms with Crippen LogP contribution in [0, 0.1) is 0 Å². The van der Waals surface area contributed by atoms with Crippen LogP contribution in [0.4, 0.5) is 0 Å². The number of carbonyl (C=O) groups is 1. The molecule has 0 aromatic heterocycles. The van der Waals surface area contributed by atoms with E-state index in [1.807, 2.05) is 123 Å². The molecule has 0 unspecified atom stereocenters. The second-order valence-corrected chi connectivity index (χ2v) is 14.9. The fraction of sp³-hybridized carbons (Fsp3) is 0.426. The molecule has 1 fully saturated rings. The summed E-state index contributed by atoms with van der Waals surface area (Å²) in [5, 5.41) is 27.3. The second kappa shape index (κ2) is 20.1. The van der Waals surface area contributed by atoms with Crippen molar-refractivity contribution in [2.75, 3.05) is 27.4 Å². The van der Waals surface area contributed by atoms with Crippen LogP contribution in [-0.4, -0.2) is 84.2 Å². The third kappa shape index (κ3) is 10.4. The fourth-order valence-corrected chi connectivity index (χ4v) is 8.05. The van der Waals surface area contributed by atoms with E-state index in [2.05, 4.69) is 4.90 Å². The van der Waals surface area contributed by atoms with E-state index in [1.165, 1.54) is 0 Å². The normalized spacial score (nSPS) is 18.7. The first-order valence-electron chi connectivity index (χ1n) is 20.1. The Morgan fingerprint density at radius 2 is 1.30 bits per heavy atom. The summed E-state index contributed by atoms with van der Waals surface area (Å²) in [6.45, 7) is 5.54. The largest absolute Gasteiger partial charge is 0.848 e. The van der Waals surface area contributed by atoms with Crippen molar-refractivity contribution in [3.05, 3.63) is 143 Å². The van der Waals surface area contributed by atoms with E-state index >= 15 is 0 Å². The molecule has 2 aliphatic rings. The zero-order valence-corrected chi connectivity index (χ0v) is 33.6. The lowest BCUT2D eigenvalue weighted by Crippen LogP contribution is -2.60. The molecule has 0 bridgehead atoms. The predicted molar refractivity (Wildman–Crippen MR) is 217 cm³/mol. The summed E-state index contributed by atoms with van der Waals surface area (Å²) in [5.74, 6) is 1.22. The highest BCUT2D eigenvalue weighted by atomic mass is 16.6. The number of ether oxygens (including phenoxy) is 5. The maximum Gasteiger partial charge on any atom is 0.249 e. The van der Waals surface area contributed by atoms with Gasteiger partial charge in [0.25, 0.3) is 0 Å². The maximum atomic E-state index is 14.3. The zero-order chi connectivity index (χ0) is 40.2. The van der Waals surface area contributed by atoms with Gasteiger partial charge in [-0.25, -0.2) is 0 Å². The Bertz CT molecular complexity index is 1850. The number of hydrogen-bond acceptors (Lipinski definition) is 9. The van der Waals surface area contributed by atoms with Gasteiger partial charge in [-0.2, -0.15) is 0 Å². The molecule has 0 saturated carbocycles. The highest BCUT2D eigenvalue weighted by Gasteiger charge is 2.48. The standard InChI is InChI=1S/C47H57N2O8/c1-5-47(52,6-2)42-18-13-27-48(42)40-28-43(50)49(29-34-19-23-38(53-3)24-20-34)44(40)45(51)46(57-32-36-16-11-8-12-17-36)41(56-31-35-14-9-7-10-15-35)33-55-30-37-21-25-39(54-4)26-22-37/h7-12,14-17,19-26,28,41-42,44-46,51H,5-6,13,18,27,29-33H2,1-4H3/q-1/t41-,42-,44+,45+,46+/m0/s1. The van der Waals surface area contributed by atoms with Crippen molar-refractivity contribution >= 4 is 5.91 Å². The number of likely N-dealkylation sites (tertiary alicyclic amines) is 1. The number of aliphatic hydroxyl groups excluding tert-OH is 1. The van der Waals surface area contributed by atoms with Crippen molar-refractivity contribution in [1.82, 2.24) is 9.80 Å². The highest BCUT2D eigenvalue weighted by Crippen LogP contribution is 2.39. The monoisotopic (exact) mass is 777 g/mol. The number of aliphatic hydroxyl groups is 1. The number of benzene rings is 4. The average Bonchev–Trinajstić information content (AvgIpc) is 3.88. The van der Waals surface area contributed by atoms with E-state index in [0.29, 0.717) is 43.9 Å². The SMILES string of the molecule is CCC([O-])(CC)[C@@H]1CCCN1C1=CC(=O)N(Cc2ccc(OC)cc2)[C@H]1[C@@H](O)[C@H](OCc1ccccc1)[C@H](COCc1ccc(OC)cc1)OCc1ccccc1. The van der Waals surface area contributed by atoms with Crippen LogP contribution in [0.1, 0.15) is 61.8 Å². The molecule has 1 amide bonds. The Kier molecular flexibility index (Phi) is 14.8.